The predicted molar refractivity (Wildman–Crippen MR) is 71.8 cm³/mol. The number of rotatable bonds is 4. The highest BCUT2D eigenvalue weighted by Crippen LogP contribution is 2.26. The summed E-state index contributed by atoms with van der Waals surface area (Å²) in [5.41, 5.74) is 0. The van der Waals surface area contributed by atoms with Crippen LogP contribution in [0.4, 0.5) is 4.79 Å². The van der Waals surface area contributed by atoms with Gasteiger partial charge in [-0.1, -0.05) is 11.6 Å². The lowest BCUT2D eigenvalue weighted by molar-refractivity contribution is 0.236. The Hall–Kier alpha value is -1.46. The van der Waals surface area contributed by atoms with Crippen LogP contribution in [0.25, 0.3) is 0 Å². The van der Waals surface area contributed by atoms with Crippen LogP contribution in [0.5, 0.6) is 0 Å². The summed E-state index contributed by atoms with van der Waals surface area (Å²) in [4.78, 5) is 12.7. The van der Waals surface area contributed by atoms with Gasteiger partial charge in [0.15, 0.2) is 0 Å². The molecule has 2 heterocycles. The second-order valence-corrected chi connectivity index (χ2v) is 5.52. The average Bonchev–Trinajstić information content (AvgIpc) is 2.97. The molecule has 2 aromatic rings. The summed E-state index contributed by atoms with van der Waals surface area (Å²) in [5.74, 6) is 0.719. The zero-order chi connectivity index (χ0) is 13.0. The van der Waals surface area contributed by atoms with Crippen molar-refractivity contribution in [3.8, 4) is 0 Å². The molecule has 6 heteroatoms. The highest BCUT2D eigenvalue weighted by Gasteiger charge is 2.11. The summed E-state index contributed by atoms with van der Waals surface area (Å²) in [6.45, 7) is 2.28. The summed E-state index contributed by atoms with van der Waals surface area (Å²) >= 11 is 7.31. The molecule has 0 saturated heterocycles. The highest BCUT2D eigenvalue weighted by molar-refractivity contribution is 7.16. The lowest BCUT2D eigenvalue weighted by Crippen LogP contribution is -2.36. The van der Waals surface area contributed by atoms with Gasteiger partial charge in [0.2, 0.25) is 0 Å². The molecule has 2 N–H and O–H groups in total. The minimum atomic E-state index is -0.233. The first kappa shape index (κ1) is 13.0. The maximum atomic E-state index is 11.6. The number of urea groups is 1. The average molecular weight is 285 g/mol. The second-order valence-electron chi connectivity index (χ2n) is 3.77. The fourth-order valence-electron chi connectivity index (χ4n) is 1.46. The quantitative estimate of drug-likeness (QED) is 0.902. The molecule has 0 fully saturated rings. The predicted octanol–water partition coefficient (Wildman–Crippen LogP) is 3.55. The molecule has 0 saturated carbocycles. The SMILES string of the molecule is CC(NC(=O)NCc1ccco1)c1ccc(Cl)s1. The molecule has 96 valence electrons. The van der Waals surface area contributed by atoms with Crippen LogP contribution in [0.15, 0.2) is 34.9 Å². The number of thiophene rings is 1. The Balaban J connectivity index is 1.80. The fraction of sp³-hybridized carbons (Fsp3) is 0.250. The van der Waals surface area contributed by atoms with E-state index in [0.717, 1.165) is 15.0 Å². The molecule has 18 heavy (non-hydrogen) atoms. The fourth-order valence-corrected chi connectivity index (χ4v) is 2.52. The smallest absolute Gasteiger partial charge is 0.315 e. The molecule has 0 aromatic carbocycles. The third kappa shape index (κ3) is 3.51. The Morgan fingerprint density at radius 1 is 1.50 bits per heavy atom. The summed E-state index contributed by atoms with van der Waals surface area (Å²) in [7, 11) is 0. The molecule has 0 aliphatic heterocycles. The number of carbonyl (C=O) groups is 1. The minimum Gasteiger partial charge on any atom is -0.467 e. The number of amides is 2. The minimum absolute atomic E-state index is 0.0703. The maximum absolute atomic E-state index is 11.6. The number of hydrogen-bond acceptors (Lipinski definition) is 3. The van der Waals surface area contributed by atoms with Crippen molar-refractivity contribution in [3.63, 3.8) is 0 Å². The van der Waals surface area contributed by atoms with Crippen molar-refractivity contribution in [2.24, 2.45) is 0 Å². The monoisotopic (exact) mass is 284 g/mol. The molecule has 0 aliphatic carbocycles. The normalized spacial score (nSPS) is 12.1. The van der Waals surface area contributed by atoms with Gasteiger partial charge in [-0.05, 0) is 31.2 Å². The van der Waals surface area contributed by atoms with E-state index < -0.39 is 0 Å². The van der Waals surface area contributed by atoms with Gasteiger partial charge < -0.3 is 15.1 Å². The standard InChI is InChI=1S/C12H13ClN2O2S/c1-8(10-4-5-11(13)18-10)15-12(16)14-7-9-3-2-6-17-9/h2-6,8H,7H2,1H3,(H2,14,15,16). The molecule has 0 bridgehead atoms. The number of carbonyl (C=O) groups excluding carboxylic acids is 1. The van der Waals surface area contributed by atoms with E-state index in [1.807, 2.05) is 25.1 Å². The van der Waals surface area contributed by atoms with Gasteiger partial charge in [0.1, 0.15) is 5.76 Å². The lowest BCUT2D eigenvalue weighted by Gasteiger charge is -2.12. The van der Waals surface area contributed by atoms with Crippen LogP contribution in [0.3, 0.4) is 0 Å². The Morgan fingerprint density at radius 2 is 2.33 bits per heavy atom. The van der Waals surface area contributed by atoms with Crippen molar-refractivity contribution in [1.29, 1.82) is 0 Å². The van der Waals surface area contributed by atoms with Crippen LogP contribution < -0.4 is 10.6 Å². The van der Waals surface area contributed by atoms with Crippen LogP contribution in [-0.2, 0) is 6.54 Å². The van der Waals surface area contributed by atoms with Gasteiger partial charge in [-0.3, -0.25) is 0 Å². The molecule has 0 spiro atoms. The summed E-state index contributed by atoms with van der Waals surface area (Å²) < 4.78 is 5.84. The molecule has 2 amide bonds. The molecule has 1 unspecified atom stereocenters. The molecular weight excluding hydrogens is 272 g/mol. The van der Waals surface area contributed by atoms with E-state index in [9.17, 15) is 4.79 Å². The number of halogens is 1. The molecule has 0 radical (unpaired) electrons. The van der Waals surface area contributed by atoms with Crippen LogP contribution in [0, 0.1) is 0 Å². The molecule has 2 aromatic heterocycles. The van der Waals surface area contributed by atoms with E-state index in [0.29, 0.717) is 6.54 Å². The number of hydrogen-bond donors (Lipinski definition) is 2. The van der Waals surface area contributed by atoms with Gasteiger partial charge in [0, 0.05) is 4.88 Å². The zero-order valence-corrected chi connectivity index (χ0v) is 11.3. The van der Waals surface area contributed by atoms with Crippen molar-refractivity contribution >= 4 is 29.0 Å². The Bertz CT molecular complexity index is 510. The molecular formula is C12H13ClN2O2S. The van der Waals surface area contributed by atoms with Gasteiger partial charge in [0.05, 0.1) is 23.2 Å². The van der Waals surface area contributed by atoms with Crippen LogP contribution in [0.1, 0.15) is 23.6 Å². The maximum Gasteiger partial charge on any atom is 0.315 e. The van der Waals surface area contributed by atoms with Gasteiger partial charge >= 0.3 is 6.03 Å². The Morgan fingerprint density at radius 3 is 2.94 bits per heavy atom. The first-order valence-electron chi connectivity index (χ1n) is 5.47. The zero-order valence-electron chi connectivity index (χ0n) is 9.77. The first-order chi connectivity index (χ1) is 8.65. The van der Waals surface area contributed by atoms with Crippen molar-refractivity contribution < 1.29 is 9.21 Å². The largest absolute Gasteiger partial charge is 0.467 e. The van der Waals surface area contributed by atoms with Gasteiger partial charge in [-0.2, -0.15) is 0 Å². The van der Waals surface area contributed by atoms with E-state index in [1.54, 1.807) is 12.3 Å². The first-order valence-corrected chi connectivity index (χ1v) is 6.66. The molecule has 0 aliphatic rings. The van der Waals surface area contributed by atoms with Crippen molar-refractivity contribution in [2.45, 2.75) is 19.5 Å². The number of furan rings is 1. The van der Waals surface area contributed by atoms with Crippen LogP contribution >= 0.6 is 22.9 Å². The van der Waals surface area contributed by atoms with Gasteiger partial charge in [-0.25, -0.2) is 4.79 Å². The molecule has 4 nitrogen and oxygen atoms in total. The molecule has 2 rings (SSSR count). The van der Waals surface area contributed by atoms with E-state index in [2.05, 4.69) is 10.6 Å². The Kier molecular flexibility index (Phi) is 4.28. The van der Waals surface area contributed by atoms with E-state index in [1.165, 1.54) is 11.3 Å². The Labute approximate surface area is 114 Å². The van der Waals surface area contributed by atoms with Gasteiger partial charge in [0.25, 0.3) is 0 Å². The van der Waals surface area contributed by atoms with Crippen LogP contribution in [-0.4, -0.2) is 6.03 Å². The van der Waals surface area contributed by atoms with E-state index in [-0.39, 0.29) is 12.1 Å². The summed E-state index contributed by atoms with van der Waals surface area (Å²) in [6, 6.07) is 7.02. The summed E-state index contributed by atoms with van der Waals surface area (Å²) in [6.07, 6.45) is 1.57. The van der Waals surface area contributed by atoms with E-state index >= 15 is 0 Å². The molecule has 1 atom stereocenters. The van der Waals surface area contributed by atoms with Crippen LogP contribution in [0.2, 0.25) is 4.34 Å². The van der Waals surface area contributed by atoms with Crippen molar-refractivity contribution in [3.05, 3.63) is 45.5 Å². The van der Waals surface area contributed by atoms with Gasteiger partial charge in [-0.15, -0.1) is 11.3 Å². The highest BCUT2D eigenvalue weighted by atomic mass is 35.5. The van der Waals surface area contributed by atoms with E-state index in [4.69, 9.17) is 16.0 Å². The second kappa shape index (κ2) is 5.93. The van der Waals surface area contributed by atoms with Crippen molar-refractivity contribution in [1.82, 2.24) is 10.6 Å². The van der Waals surface area contributed by atoms with Crippen molar-refractivity contribution in [2.75, 3.05) is 0 Å². The number of nitrogens with one attached hydrogen (secondary N) is 2. The third-order valence-corrected chi connectivity index (χ3v) is 3.79. The third-order valence-electron chi connectivity index (χ3n) is 2.37. The topological polar surface area (TPSA) is 54.3 Å². The lowest BCUT2D eigenvalue weighted by atomic mass is 10.3. The summed E-state index contributed by atoms with van der Waals surface area (Å²) in [5, 5.41) is 5.55.